The molecule has 0 bridgehead atoms. The Hall–Kier alpha value is -2.11. The number of H-pyrrole nitrogens is 1. The summed E-state index contributed by atoms with van der Waals surface area (Å²) in [6, 6.07) is 0. The van der Waals surface area contributed by atoms with Crippen LogP contribution in [0.4, 0.5) is 0 Å². The first kappa shape index (κ1) is 9.97. The van der Waals surface area contributed by atoms with Crippen molar-refractivity contribution < 1.29 is 14.7 Å². The van der Waals surface area contributed by atoms with E-state index in [1.165, 1.54) is 25.5 Å². The summed E-state index contributed by atoms with van der Waals surface area (Å²) >= 11 is 0. The van der Waals surface area contributed by atoms with Gasteiger partial charge in [0.2, 0.25) is 5.91 Å². The van der Waals surface area contributed by atoms with Crippen LogP contribution in [-0.4, -0.2) is 27.0 Å². The third kappa shape index (κ3) is 2.74. The summed E-state index contributed by atoms with van der Waals surface area (Å²) in [6.07, 6.45) is 4.15. The Morgan fingerprint density at radius 3 is 2.79 bits per heavy atom. The quantitative estimate of drug-likeness (QED) is 0.590. The zero-order valence-corrected chi connectivity index (χ0v) is 7.44. The summed E-state index contributed by atoms with van der Waals surface area (Å²) in [4.78, 5) is 27.7. The number of imidazole rings is 1. The number of nitrogens with one attached hydrogen (secondary N) is 2. The lowest BCUT2D eigenvalue weighted by molar-refractivity contribution is -0.134. The zero-order valence-electron chi connectivity index (χ0n) is 7.44. The molecule has 0 unspecified atom stereocenters. The summed E-state index contributed by atoms with van der Waals surface area (Å²) in [5.41, 5.74) is 0.318. The molecule has 1 aromatic heterocycles. The molecule has 0 aliphatic rings. The summed E-state index contributed by atoms with van der Waals surface area (Å²) in [7, 11) is 0. The maximum Gasteiger partial charge on any atom is 0.352 e. The van der Waals surface area contributed by atoms with Crippen molar-refractivity contribution in [1.82, 2.24) is 15.3 Å². The lowest BCUT2D eigenvalue weighted by Crippen LogP contribution is -2.24. The average Bonchev–Trinajstić information content (AvgIpc) is 2.54. The van der Waals surface area contributed by atoms with Gasteiger partial charge in [-0.05, 0) is 6.08 Å². The number of carbonyl (C=O) groups is 2. The molecule has 0 saturated carbocycles. The number of hydrogen-bond donors (Lipinski definition) is 3. The lowest BCUT2D eigenvalue weighted by Gasteiger charge is -2.00. The molecule has 0 radical (unpaired) electrons. The molecular weight excluding hydrogens is 186 g/mol. The fraction of sp³-hybridized carbons (Fsp3) is 0.125. The maximum atomic E-state index is 10.6. The van der Waals surface area contributed by atoms with Crippen LogP contribution in [0.5, 0.6) is 0 Å². The number of amides is 1. The van der Waals surface area contributed by atoms with E-state index < -0.39 is 11.9 Å². The number of nitrogens with zero attached hydrogens (tertiary/aromatic N) is 1. The Morgan fingerprint density at radius 1 is 1.64 bits per heavy atom. The largest absolute Gasteiger partial charge is 0.477 e. The molecule has 14 heavy (non-hydrogen) atoms. The number of carboxylic acids is 1. The first-order valence-corrected chi connectivity index (χ1v) is 3.80. The Bertz CT molecular complexity index is 367. The predicted molar refractivity (Wildman–Crippen MR) is 48.0 cm³/mol. The highest BCUT2D eigenvalue weighted by atomic mass is 16.4. The summed E-state index contributed by atoms with van der Waals surface area (Å²) < 4.78 is 0. The van der Waals surface area contributed by atoms with E-state index in [0.717, 1.165) is 0 Å². The third-order valence-corrected chi connectivity index (χ3v) is 1.36. The Kier molecular flexibility index (Phi) is 3.01. The minimum Gasteiger partial charge on any atom is -0.477 e. The van der Waals surface area contributed by atoms with Crippen molar-refractivity contribution in [3.8, 4) is 0 Å². The number of aromatic amines is 1. The second-order valence-corrected chi connectivity index (χ2v) is 2.55. The van der Waals surface area contributed by atoms with E-state index in [1.54, 1.807) is 0 Å². The summed E-state index contributed by atoms with van der Waals surface area (Å²) in [5.74, 6) is -1.63. The molecule has 0 aliphatic carbocycles. The van der Waals surface area contributed by atoms with E-state index in [4.69, 9.17) is 5.11 Å². The van der Waals surface area contributed by atoms with Crippen molar-refractivity contribution in [3.63, 3.8) is 0 Å². The Morgan fingerprint density at radius 2 is 2.36 bits per heavy atom. The molecule has 6 nitrogen and oxygen atoms in total. The smallest absolute Gasteiger partial charge is 0.352 e. The lowest BCUT2D eigenvalue weighted by atomic mass is 10.3. The highest BCUT2D eigenvalue weighted by molar-refractivity contribution is 5.96. The van der Waals surface area contributed by atoms with Gasteiger partial charge in [-0.25, -0.2) is 9.78 Å². The molecule has 1 rings (SSSR count). The molecule has 0 spiro atoms. The zero-order chi connectivity index (χ0) is 10.6. The van der Waals surface area contributed by atoms with Crippen molar-refractivity contribution in [3.05, 3.63) is 23.9 Å². The maximum absolute atomic E-state index is 10.6. The van der Waals surface area contributed by atoms with Crippen LogP contribution in [0.2, 0.25) is 0 Å². The number of rotatable bonds is 3. The number of aliphatic carboxylic acids is 1. The van der Waals surface area contributed by atoms with E-state index in [0.29, 0.717) is 5.69 Å². The Balaban J connectivity index is 2.88. The molecule has 0 fully saturated rings. The van der Waals surface area contributed by atoms with Gasteiger partial charge in [0.15, 0.2) is 0 Å². The van der Waals surface area contributed by atoms with E-state index >= 15 is 0 Å². The molecule has 0 aliphatic heterocycles. The molecular formula is C8H9N3O3. The van der Waals surface area contributed by atoms with Gasteiger partial charge >= 0.3 is 5.97 Å². The fourth-order valence-electron chi connectivity index (χ4n) is 0.842. The van der Waals surface area contributed by atoms with E-state index in [-0.39, 0.29) is 5.70 Å². The second kappa shape index (κ2) is 4.22. The van der Waals surface area contributed by atoms with Crippen LogP contribution in [0.3, 0.4) is 0 Å². The first-order chi connectivity index (χ1) is 6.59. The number of carbonyl (C=O) groups excluding carboxylic acids is 1. The molecule has 6 heteroatoms. The first-order valence-electron chi connectivity index (χ1n) is 3.80. The second-order valence-electron chi connectivity index (χ2n) is 2.55. The normalized spacial score (nSPS) is 11.1. The predicted octanol–water partition coefficient (Wildman–Crippen LogP) is -0.0287. The van der Waals surface area contributed by atoms with Gasteiger partial charge in [0.05, 0.1) is 18.2 Å². The molecule has 1 aromatic rings. The van der Waals surface area contributed by atoms with Gasteiger partial charge in [-0.3, -0.25) is 4.79 Å². The van der Waals surface area contributed by atoms with Crippen LogP contribution in [0.25, 0.3) is 6.08 Å². The number of hydrogen-bond acceptors (Lipinski definition) is 3. The van der Waals surface area contributed by atoms with E-state index in [2.05, 4.69) is 15.3 Å². The van der Waals surface area contributed by atoms with Gasteiger partial charge in [0.25, 0.3) is 0 Å². The van der Waals surface area contributed by atoms with Crippen LogP contribution < -0.4 is 5.32 Å². The molecule has 0 atom stereocenters. The van der Waals surface area contributed by atoms with Crippen molar-refractivity contribution in [1.29, 1.82) is 0 Å². The van der Waals surface area contributed by atoms with Gasteiger partial charge in [0.1, 0.15) is 5.70 Å². The van der Waals surface area contributed by atoms with Crippen LogP contribution in [0.1, 0.15) is 12.6 Å². The highest BCUT2D eigenvalue weighted by Gasteiger charge is 2.08. The minimum atomic E-state index is -1.20. The minimum absolute atomic E-state index is 0.193. The molecule has 74 valence electrons. The third-order valence-electron chi connectivity index (χ3n) is 1.36. The Labute approximate surface area is 79.7 Å². The van der Waals surface area contributed by atoms with Gasteiger partial charge < -0.3 is 15.4 Å². The van der Waals surface area contributed by atoms with Gasteiger partial charge in [0, 0.05) is 6.92 Å². The van der Waals surface area contributed by atoms with E-state index in [9.17, 15) is 9.59 Å². The topological polar surface area (TPSA) is 95.1 Å². The van der Waals surface area contributed by atoms with E-state index in [1.807, 2.05) is 0 Å². The van der Waals surface area contributed by atoms with Crippen molar-refractivity contribution in [2.45, 2.75) is 6.92 Å². The fourth-order valence-corrected chi connectivity index (χ4v) is 0.842. The van der Waals surface area contributed by atoms with Crippen molar-refractivity contribution >= 4 is 18.0 Å². The SMILES string of the molecule is CC(=O)N/C(=C/c1cnc[nH]1)C(=O)O. The van der Waals surface area contributed by atoms with Gasteiger partial charge in [-0.2, -0.15) is 0 Å². The highest BCUT2D eigenvalue weighted by Crippen LogP contribution is 2.00. The molecule has 1 heterocycles. The summed E-state index contributed by atoms with van der Waals surface area (Å²) in [5, 5.41) is 10.9. The van der Waals surface area contributed by atoms with Crippen LogP contribution in [0, 0.1) is 0 Å². The molecule has 3 N–H and O–H groups in total. The molecule has 0 aromatic carbocycles. The molecule has 0 saturated heterocycles. The van der Waals surface area contributed by atoms with Gasteiger partial charge in [-0.15, -0.1) is 0 Å². The van der Waals surface area contributed by atoms with Crippen molar-refractivity contribution in [2.75, 3.05) is 0 Å². The van der Waals surface area contributed by atoms with Crippen LogP contribution >= 0.6 is 0 Å². The average molecular weight is 195 g/mol. The monoisotopic (exact) mass is 195 g/mol. The number of carboxylic acid groups (broad SMARTS) is 1. The summed E-state index contributed by atoms with van der Waals surface area (Å²) in [6.45, 7) is 1.24. The van der Waals surface area contributed by atoms with Crippen molar-refractivity contribution in [2.24, 2.45) is 0 Å². The van der Waals surface area contributed by atoms with Crippen LogP contribution in [0.15, 0.2) is 18.2 Å². The molecule has 1 amide bonds. The van der Waals surface area contributed by atoms with Gasteiger partial charge in [-0.1, -0.05) is 0 Å². The number of aromatic nitrogens is 2. The standard InChI is InChI=1S/C8H9N3O3/c1-5(12)11-7(8(13)14)2-6-3-9-4-10-6/h2-4H,1H3,(H,9,10)(H,11,12)(H,13,14)/b7-2+. The van der Waals surface area contributed by atoms with Crippen LogP contribution in [-0.2, 0) is 9.59 Å².